The van der Waals surface area contributed by atoms with E-state index in [1.807, 2.05) is 6.92 Å². The van der Waals surface area contributed by atoms with Crippen LogP contribution < -0.4 is 10.5 Å². The van der Waals surface area contributed by atoms with Gasteiger partial charge in [0.05, 0.1) is 5.02 Å². The minimum absolute atomic E-state index is 0.0552. The Morgan fingerprint density at radius 3 is 2.78 bits per heavy atom. The van der Waals surface area contributed by atoms with Gasteiger partial charge in [0.15, 0.2) is 0 Å². The van der Waals surface area contributed by atoms with Crippen molar-refractivity contribution in [3.63, 3.8) is 0 Å². The van der Waals surface area contributed by atoms with E-state index >= 15 is 0 Å². The molecule has 0 unspecified atom stereocenters. The third-order valence-electron chi connectivity index (χ3n) is 2.40. The predicted molar refractivity (Wildman–Crippen MR) is 68.3 cm³/mol. The zero-order chi connectivity index (χ0) is 13.1. The third-order valence-corrected chi connectivity index (χ3v) is 2.70. The second-order valence-electron chi connectivity index (χ2n) is 3.89. The molecular formula is C13H12ClFN2O. The van der Waals surface area contributed by atoms with Crippen molar-refractivity contribution in [1.82, 2.24) is 4.98 Å². The minimum atomic E-state index is -0.530. The van der Waals surface area contributed by atoms with E-state index in [0.29, 0.717) is 11.6 Å². The minimum Gasteiger partial charge on any atom is -0.439 e. The van der Waals surface area contributed by atoms with Crippen LogP contribution in [-0.4, -0.2) is 4.98 Å². The lowest BCUT2D eigenvalue weighted by Crippen LogP contribution is -2.05. The molecule has 1 aromatic heterocycles. The Hall–Kier alpha value is -1.65. The number of ether oxygens (including phenoxy) is 1. The second-order valence-corrected chi connectivity index (χ2v) is 4.30. The van der Waals surface area contributed by atoms with Crippen molar-refractivity contribution in [3.8, 4) is 11.6 Å². The average molecular weight is 267 g/mol. The van der Waals surface area contributed by atoms with Crippen LogP contribution in [0.5, 0.6) is 11.6 Å². The first-order valence-corrected chi connectivity index (χ1v) is 5.78. The van der Waals surface area contributed by atoms with Gasteiger partial charge in [0.2, 0.25) is 5.88 Å². The molecule has 0 spiro atoms. The van der Waals surface area contributed by atoms with Crippen LogP contribution in [0.1, 0.15) is 18.5 Å². The van der Waals surface area contributed by atoms with Gasteiger partial charge < -0.3 is 10.5 Å². The van der Waals surface area contributed by atoms with E-state index in [-0.39, 0.29) is 11.1 Å². The van der Waals surface area contributed by atoms with Gasteiger partial charge in [0, 0.05) is 24.4 Å². The Morgan fingerprint density at radius 1 is 1.33 bits per heavy atom. The highest BCUT2D eigenvalue weighted by Crippen LogP contribution is 2.25. The number of aromatic nitrogens is 1. The van der Waals surface area contributed by atoms with Crippen molar-refractivity contribution in [2.45, 2.75) is 13.0 Å². The molecule has 0 saturated heterocycles. The molecule has 2 N–H and O–H groups in total. The Balaban J connectivity index is 2.23. The molecule has 0 bridgehead atoms. The van der Waals surface area contributed by atoms with Crippen molar-refractivity contribution < 1.29 is 9.13 Å². The fourth-order valence-corrected chi connectivity index (χ4v) is 1.54. The van der Waals surface area contributed by atoms with E-state index in [0.717, 1.165) is 5.56 Å². The zero-order valence-corrected chi connectivity index (χ0v) is 10.5. The van der Waals surface area contributed by atoms with E-state index in [9.17, 15) is 4.39 Å². The molecule has 0 aliphatic rings. The molecule has 0 saturated carbocycles. The number of hydrogen-bond acceptors (Lipinski definition) is 3. The molecule has 0 aliphatic heterocycles. The average Bonchev–Trinajstić information content (AvgIpc) is 2.34. The second kappa shape index (κ2) is 5.33. The molecular weight excluding hydrogens is 255 g/mol. The fraction of sp³-hybridized carbons (Fsp3) is 0.154. The molecule has 0 aliphatic carbocycles. The van der Waals surface area contributed by atoms with Crippen LogP contribution >= 0.6 is 11.6 Å². The molecule has 5 heteroatoms. The summed E-state index contributed by atoms with van der Waals surface area (Å²) in [4.78, 5) is 4.04. The molecule has 1 aromatic carbocycles. The molecule has 0 fully saturated rings. The van der Waals surface area contributed by atoms with Crippen LogP contribution in [0.3, 0.4) is 0 Å². The summed E-state index contributed by atoms with van der Waals surface area (Å²) in [6.07, 6.45) is 1.60. The SMILES string of the molecule is C[C@@H](N)c1ccnc(Oc2ccc(Cl)c(F)c2)c1. The smallest absolute Gasteiger partial charge is 0.219 e. The van der Waals surface area contributed by atoms with Gasteiger partial charge in [0.1, 0.15) is 11.6 Å². The monoisotopic (exact) mass is 266 g/mol. The first-order valence-electron chi connectivity index (χ1n) is 5.40. The highest BCUT2D eigenvalue weighted by molar-refractivity contribution is 6.30. The van der Waals surface area contributed by atoms with E-state index < -0.39 is 5.82 Å². The Bertz CT molecular complexity index is 560. The van der Waals surface area contributed by atoms with Crippen molar-refractivity contribution in [2.24, 2.45) is 5.73 Å². The van der Waals surface area contributed by atoms with Gasteiger partial charge in [-0.3, -0.25) is 0 Å². The molecule has 0 radical (unpaired) electrons. The first-order chi connectivity index (χ1) is 8.56. The summed E-state index contributed by atoms with van der Waals surface area (Å²) in [6, 6.07) is 7.63. The Kier molecular flexibility index (Phi) is 3.79. The number of rotatable bonds is 3. The van der Waals surface area contributed by atoms with E-state index in [1.165, 1.54) is 12.1 Å². The quantitative estimate of drug-likeness (QED) is 0.922. The largest absolute Gasteiger partial charge is 0.439 e. The van der Waals surface area contributed by atoms with Crippen LogP contribution in [0.2, 0.25) is 5.02 Å². The lowest BCUT2D eigenvalue weighted by molar-refractivity contribution is 0.457. The van der Waals surface area contributed by atoms with Crippen molar-refractivity contribution in [3.05, 3.63) is 52.9 Å². The molecule has 2 aromatic rings. The maximum Gasteiger partial charge on any atom is 0.219 e. The maximum atomic E-state index is 13.2. The number of hydrogen-bond donors (Lipinski definition) is 1. The van der Waals surface area contributed by atoms with Crippen LogP contribution in [-0.2, 0) is 0 Å². The molecule has 1 atom stereocenters. The standard InChI is InChI=1S/C13H12ClFN2O/c1-8(16)9-4-5-17-13(6-9)18-10-2-3-11(14)12(15)7-10/h2-8H,16H2,1H3/t8-/m1/s1. The number of pyridine rings is 1. The third kappa shape index (κ3) is 2.97. The number of halogens is 2. The highest BCUT2D eigenvalue weighted by Gasteiger charge is 2.06. The highest BCUT2D eigenvalue weighted by atomic mass is 35.5. The number of nitrogens with zero attached hydrogens (tertiary/aromatic N) is 1. The topological polar surface area (TPSA) is 48.1 Å². The molecule has 2 rings (SSSR count). The van der Waals surface area contributed by atoms with Crippen LogP contribution in [0, 0.1) is 5.82 Å². The van der Waals surface area contributed by atoms with Crippen LogP contribution in [0.15, 0.2) is 36.5 Å². The molecule has 18 heavy (non-hydrogen) atoms. The Morgan fingerprint density at radius 2 is 2.11 bits per heavy atom. The first kappa shape index (κ1) is 12.8. The normalized spacial score (nSPS) is 12.2. The van der Waals surface area contributed by atoms with Crippen molar-refractivity contribution in [1.29, 1.82) is 0 Å². The predicted octanol–water partition coefficient (Wildman–Crippen LogP) is 3.69. The summed E-state index contributed by atoms with van der Waals surface area (Å²) in [5.74, 6) is 0.176. The van der Waals surface area contributed by atoms with Gasteiger partial charge >= 0.3 is 0 Å². The molecule has 0 amide bonds. The number of nitrogens with two attached hydrogens (primary N) is 1. The van der Waals surface area contributed by atoms with Gasteiger partial charge in [-0.15, -0.1) is 0 Å². The molecule has 94 valence electrons. The number of benzene rings is 1. The van der Waals surface area contributed by atoms with E-state index in [1.54, 1.807) is 24.4 Å². The lowest BCUT2D eigenvalue weighted by Gasteiger charge is -2.09. The summed E-state index contributed by atoms with van der Waals surface area (Å²) in [5.41, 5.74) is 6.66. The summed E-state index contributed by atoms with van der Waals surface area (Å²) < 4.78 is 18.7. The summed E-state index contributed by atoms with van der Waals surface area (Å²) in [5, 5.41) is 0.0552. The van der Waals surface area contributed by atoms with Gasteiger partial charge in [-0.05, 0) is 30.7 Å². The van der Waals surface area contributed by atoms with Gasteiger partial charge in [0.25, 0.3) is 0 Å². The fourth-order valence-electron chi connectivity index (χ4n) is 1.42. The maximum absolute atomic E-state index is 13.2. The summed E-state index contributed by atoms with van der Waals surface area (Å²) in [6.45, 7) is 1.86. The van der Waals surface area contributed by atoms with Crippen molar-refractivity contribution in [2.75, 3.05) is 0 Å². The molecule has 1 heterocycles. The van der Waals surface area contributed by atoms with Crippen LogP contribution in [0.25, 0.3) is 0 Å². The zero-order valence-electron chi connectivity index (χ0n) is 9.73. The van der Waals surface area contributed by atoms with E-state index in [4.69, 9.17) is 22.1 Å². The Labute approximate surface area is 109 Å². The van der Waals surface area contributed by atoms with Gasteiger partial charge in [-0.2, -0.15) is 0 Å². The van der Waals surface area contributed by atoms with Gasteiger partial charge in [-0.1, -0.05) is 11.6 Å². The van der Waals surface area contributed by atoms with Gasteiger partial charge in [-0.25, -0.2) is 9.37 Å². The van der Waals surface area contributed by atoms with Crippen molar-refractivity contribution >= 4 is 11.6 Å². The summed E-state index contributed by atoms with van der Waals surface area (Å²) >= 11 is 5.59. The summed E-state index contributed by atoms with van der Waals surface area (Å²) in [7, 11) is 0. The van der Waals surface area contributed by atoms with E-state index in [2.05, 4.69) is 4.98 Å². The van der Waals surface area contributed by atoms with Crippen LogP contribution in [0.4, 0.5) is 4.39 Å². The molecule has 3 nitrogen and oxygen atoms in total. The lowest BCUT2D eigenvalue weighted by atomic mass is 10.1.